The Morgan fingerprint density at radius 1 is 1.33 bits per heavy atom. The highest BCUT2D eigenvalue weighted by Gasteiger charge is 2.50. The fourth-order valence-corrected chi connectivity index (χ4v) is 1.89. The SMILES string of the molecule is CN1C(=O)CCC12CCC(=O)O2. The van der Waals surface area contributed by atoms with Gasteiger partial charge in [-0.3, -0.25) is 9.59 Å². The largest absolute Gasteiger partial charge is 0.439 e. The van der Waals surface area contributed by atoms with Gasteiger partial charge in [-0.1, -0.05) is 0 Å². The van der Waals surface area contributed by atoms with E-state index in [9.17, 15) is 9.59 Å². The molecule has 0 aliphatic carbocycles. The van der Waals surface area contributed by atoms with Crippen LogP contribution in [0.5, 0.6) is 0 Å². The molecule has 4 nitrogen and oxygen atoms in total. The summed E-state index contributed by atoms with van der Waals surface area (Å²) in [5.74, 6) is -0.110. The zero-order valence-electron chi connectivity index (χ0n) is 7.00. The lowest BCUT2D eigenvalue weighted by molar-refractivity contribution is -0.163. The van der Waals surface area contributed by atoms with Gasteiger partial charge in [-0.05, 0) is 0 Å². The molecule has 0 bridgehead atoms. The Morgan fingerprint density at radius 2 is 2.00 bits per heavy atom. The minimum Gasteiger partial charge on any atom is -0.439 e. The van der Waals surface area contributed by atoms with E-state index in [0.717, 1.165) is 0 Å². The molecule has 1 spiro atoms. The second-order valence-corrected chi connectivity index (χ2v) is 3.37. The van der Waals surface area contributed by atoms with Crippen molar-refractivity contribution in [3.8, 4) is 0 Å². The molecule has 0 aromatic carbocycles. The van der Waals surface area contributed by atoms with E-state index in [4.69, 9.17) is 4.74 Å². The monoisotopic (exact) mass is 169 g/mol. The molecule has 0 aromatic heterocycles. The number of hydrogen-bond donors (Lipinski definition) is 0. The molecule has 0 saturated carbocycles. The topological polar surface area (TPSA) is 46.6 Å². The summed E-state index contributed by atoms with van der Waals surface area (Å²) in [4.78, 5) is 23.6. The van der Waals surface area contributed by atoms with E-state index in [2.05, 4.69) is 0 Å². The molecule has 2 saturated heterocycles. The summed E-state index contributed by atoms with van der Waals surface area (Å²) >= 11 is 0. The van der Waals surface area contributed by atoms with Crippen LogP contribution in [0.4, 0.5) is 0 Å². The first-order valence-corrected chi connectivity index (χ1v) is 4.13. The molecule has 2 rings (SSSR count). The summed E-state index contributed by atoms with van der Waals surface area (Å²) in [5, 5.41) is 0. The van der Waals surface area contributed by atoms with Crippen molar-refractivity contribution in [1.29, 1.82) is 0 Å². The van der Waals surface area contributed by atoms with Crippen molar-refractivity contribution >= 4 is 11.9 Å². The molecular formula is C8H11NO3. The van der Waals surface area contributed by atoms with Crippen molar-refractivity contribution in [1.82, 2.24) is 4.90 Å². The molecule has 12 heavy (non-hydrogen) atoms. The Bertz CT molecular complexity index is 247. The molecule has 1 atom stereocenters. The number of hydrogen-bond acceptors (Lipinski definition) is 3. The molecule has 0 aromatic rings. The summed E-state index contributed by atoms with van der Waals surface area (Å²) in [6, 6.07) is 0. The second-order valence-electron chi connectivity index (χ2n) is 3.37. The Hall–Kier alpha value is -1.06. The van der Waals surface area contributed by atoms with E-state index in [1.807, 2.05) is 0 Å². The number of ether oxygens (including phenoxy) is 1. The van der Waals surface area contributed by atoms with Crippen LogP contribution in [0, 0.1) is 0 Å². The average molecular weight is 169 g/mol. The van der Waals surface area contributed by atoms with E-state index in [1.54, 1.807) is 11.9 Å². The number of esters is 1. The van der Waals surface area contributed by atoms with Crippen molar-refractivity contribution in [3.63, 3.8) is 0 Å². The van der Waals surface area contributed by atoms with Gasteiger partial charge in [-0.2, -0.15) is 0 Å². The van der Waals surface area contributed by atoms with E-state index >= 15 is 0 Å². The van der Waals surface area contributed by atoms with Crippen LogP contribution in [-0.2, 0) is 14.3 Å². The van der Waals surface area contributed by atoms with Gasteiger partial charge in [0.1, 0.15) is 0 Å². The zero-order chi connectivity index (χ0) is 8.77. The average Bonchev–Trinajstić information content (AvgIpc) is 2.53. The van der Waals surface area contributed by atoms with Crippen LogP contribution in [0.2, 0.25) is 0 Å². The fourth-order valence-electron chi connectivity index (χ4n) is 1.89. The van der Waals surface area contributed by atoms with E-state index in [-0.39, 0.29) is 11.9 Å². The van der Waals surface area contributed by atoms with Gasteiger partial charge in [0.2, 0.25) is 5.91 Å². The molecule has 0 N–H and O–H groups in total. The van der Waals surface area contributed by atoms with Crippen molar-refractivity contribution in [2.75, 3.05) is 7.05 Å². The van der Waals surface area contributed by atoms with E-state index in [1.165, 1.54) is 0 Å². The summed E-state index contributed by atoms with van der Waals surface area (Å²) in [7, 11) is 1.70. The Labute approximate surface area is 70.5 Å². The molecule has 2 aliphatic heterocycles. The van der Waals surface area contributed by atoms with Gasteiger partial charge in [0, 0.05) is 26.3 Å². The zero-order valence-corrected chi connectivity index (χ0v) is 7.00. The molecule has 1 unspecified atom stereocenters. The maximum absolute atomic E-state index is 11.2. The first-order valence-electron chi connectivity index (χ1n) is 4.13. The number of nitrogens with zero attached hydrogens (tertiary/aromatic N) is 1. The van der Waals surface area contributed by atoms with Crippen LogP contribution in [0.15, 0.2) is 0 Å². The van der Waals surface area contributed by atoms with Crippen molar-refractivity contribution in [3.05, 3.63) is 0 Å². The molecule has 1 amide bonds. The first kappa shape index (κ1) is 7.58. The van der Waals surface area contributed by atoms with E-state index < -0.39 is 5.72 Å². The minimum atomic E-state index is -0.575. The standard InChI is InChI=1S/C8H11NO3/c1-9-6(10)2-4-8(9)5-3-7(11)12-8/h2-5H2,1H3. The molecule has 0 radical (unpaired) electrons. The lowest BCUT2D eigenvalue weighted by Crippen LogP contribution is -2.42. The van der Waals surface area contributed by atoms with Crippen molar-refractivity contribution in [2.45, 2.75) is 31.4 Å². The molecular weight excluding hydrogens is 158 g/mol. The van der Waals surface area contributed by atoms with Gasteiger partial charge in [0.15, 0.2) is 5.72 Å². The van der Waals surface area contributed by atoms with Gasteiger partial charge >= 0.3 is 5.97 Å². The van der Waals surface area contributed by atoms with Gasteiger partial charge in [-0.25, -0.2) is 0 Å². The second kappa shape index (κ2) is 2.21. The van der Waals surface area contributed by atoms with Gasteiger partial charge in [0.05, 0.1) is 6.42 Å². The molecule has 2 heterocycles. The highest BCUT2D eigenvalue weighted by atomic mass is 16.6. The van der Waals surface area contributed by atoms with Crippen LogP contribution >= 0.6 is 0 Å². The number of rotatable bonds is 0. The van der Waals surface area contributed by atoms with Crippen molar-refractivity contribution < 1.29 is 14.3 Å². The number of likely N-dealkylation sites (tertiary alicyclic amines) is 1. The smallest absolute Gasteiger partial charge is 0.308 e. The van der Waals surface area contributed by atoms with Gasteiger partial charge < -0.3 is 9.64 Å². The van der Waals surface area contributed by atoms with Crippen LogP contribution < -0.4 is 0 Å². The predicted molar refractivity (Wildman–Crippen MR) is 40.1 cm³/mol. The first-order chi connectivity index (χ1) is 5.64. The maximum atomic E-state index is 11.2. The maximum Gasteiger partial charge on any atom is 0.308 e. The van der Waals surface area contributed by atoms with Gasteiger partial charge in [0.25, 0.3) is 0 Å². The van der Waals surface area contributed by atoms with Gasteiger partial charge in [-0.15, -0.1) is 0 Å². The van der Waals surface area contributed by atoms with Crippen LogP contribution in [0.25, 0.3) is 0 Å². The molecule has 2 fully saturated rings. The summed E-state index contributed by atoms with van der Waals surface area (Å²) in [6.45, 7) is 0. The highest BCUT2D eigenvalue weighted by molar-refractivity contribution is 5.81. The number of carbonyl (C=O) groups is 2. The number of amides is 1. The quantitative estimate of drug-likeness (QED) is 0.489. The summed E-state index contributed by atoms with van der Waals surface area (Å²) < 4.78 is 5.16. The lowest BCUT2D eigenvalue weighted by atomic mass is 10.1. The third kappa shape index (κ3) is 0.838. The summed E-state index contributed by atoms with van der Waals surface area (Å²) in [6.07, 6.45) is 2.27. The fraction of sp³-hybridized carbons (Fsp3) is 0.750. The third-order valence-electron chi connectivity index (χ3n) is 2.74. The summed E-state index contributed by atoms with van der Waals surface area (Å²) in [5.41, 5.74) is -0.575. The highest BCUT2D eigenvalue weighted by Crippen LogP contribution is 2.38. The normalized spacial score (nSPS) is 34.9. The van der Waals surface area contributed by atoms with Crippen LogP contribution in [-0.4, -0.2) is 29.5 Å². The molecule has 4 heteroatoms. The molecule has 2 aliphatic rings. The van der Waals surface area contributed by atoms with Crippen molar-refractivity contribution in [2.24, 2.45) is 0 Å². The minimum absolute atomic E-state index is 0.0738. The lowest BCUT2D eigenvalue weighted by Gasteiger charge is -2.29. The van der Waals surface area contributed by atoms with Crippen LogP contribution in [0.3, 0.4) is 0 Å². The number of carbonyl (C=O) groups excluding carboxylic acids is 2. The predicted octanol–water partition coefficient (Wildman–Crippen LogP) is 0.272. The molecule has 66 valence electrons. The Balaban J connectivity index is 2.22. The van der Waals surface area contributed by atoms with Crippen LogP contribution in [0.1, 0.15) is 25.7 Å². The van der Waals surface area contributed by atoms with E-state index in [0.29, 0.717) is 25.7 Å². The Morgan fingerprint density at radius 3 is 2.42 bits per heavy atom. The third-order valence-corrected chi connectivity index (χ3v) is 2.74. The Kier molecular flexibility index (Phi) is 1.40.